The van der Waals surface area contributed by atoms with Crippen molar-refractivity contribution in [2.24, 2.45) is 0 Å². The molecular weight excluding hydrogens is 317 g/mol. The highest BCUT2D eigenvalue weighted by Crippen LogP contribution is 2.60. The van der Waals surface area contributed by atoms with Crippen LogP contribution in [0.1, 0.15) is 31.2 Å². The lowest BCUT2D eigenvalue weighted by Gasteiger charge is -2.26. The van der Waals surface area contributed by atoms with Gasteiger partial charge in [0.2, 0.25) is 0 Å². The highest BCUT2D eigenvalue weighted by atomic mass is 31.2. The van der Waals surface area contributed by atoms with Gasteiger partial charge in [0.1, 0.15) is 18.1 Å². The highest BCUT2D eigenvalue weighted by molar-refractivity contribution is 7.54. The van der Waals surface area contributed by atoms with Crippen molar-refractivity contribution in [3.63, 3.8) is 0 Å². The molecule has 0 bridgehead atoms. The first-order chi connectivity index (χ1) is 11.1. The number of para-hydroxylation sites is 1. The van der Waals surface area contributed by atoms with Gasteiger partial charge in [0.15, 0.2) is 5.78 Å². The predicted octanol–water partition coefficient (Wildman–Crippen LogP) is 4.15. The van der Waals surface area contributed by atoms with Crippen molar-refractivity contribution >= 4 is 13.3 Å². The lowest BCUT2D eigenvalue weighted by atomic mass is 10.3. The zero-order valence-corrected chi connectivity index (χ0v) is 14.2. The van der Waals surface area contributed by atoms with E-state index in [1.807, 2.05) is 30.3 Å². The van der Waals surface area contributed by atoms with Crippen LogP contribution in [0.15, 0.2) is 46.9 Å². The second kappa shape index (κ2) is 8.31. The number of hydrogen-bond acceptors (Lipinski definition) is 6. The first kappa shape index (κ1) is 17.8. The first-order valence-corrected chi connectivity index (χ1v) is 9.14. The molecule has 1 unspecified atom stereocenters. The Balaban J connectivity index is 2.38. The van der Waals surface area contributed by atoms with E-state index in [1.165, 1.54) is 0 Å². The molecule has 2 rings (SSSR count). The highest BCUT2D eigenvalue weighted by Gasteiger charge is 2.39. The Hall–Kier alpha value is -1.59. The summed E-state index contributed by atoms with van der Waals surface area (Å²) in [6, 6.07) is 12.6. The minimum atomic E-state index is -3.50. The fourth-order valence-electron chi connectivity index (χ4n) is 2.17. The van der Waals surface area contributed by atoms with Gasteiger partial charge in [0.05, 0.1) is 13.2 Å². The van der Waals surface area contributed by atoms with Crippen molar-refractivity contribution in [3.05, 3.63) is 54.0 Å². The topological polar surface area (TPSA) is 80.9 Å². The van der Waals surface area contributed by atoms with Crippen molar-refractivity contribution in [2.45, 2.75) is 26.2 Å². The fourth-order valence-corrected chi connectivity index (χ4v) is 4.02. The molecule has 1 atom stereocenters. The monoisotopic (exact) mass is 339 g/mol. The molecule has 7 heteroatoms. The van der Waals surface area contributed by atoms with E-state index in [9.17, 15) is 9.67 Å². The maximum Gasteiger partial charge on any atom is 0.360 e. The second-order valence-corrected chi connectivity index (χ2v) is 6.86. The van der Waals surface area contributed by atoms with Crippen molar-refractivity contribution in [1.29, 1.82) is 0 Å². The van der Waals surface area contributed by atoms with Gasteiger partial charge in [-0.05, 0) is 38.1 Å². The Morgan fingerprint density at radius 3 is 2.30 bits per heavy atom. The van der Waals surface area contributed by atoms with Crippen LogP contribution in [0, 0.1) is 0 Å². The van der Waals surface area contributed by atoms with Crippen LogP contribution < -0.4 is 5.32 Å². The number of aliphatic hydroxyl groups excluding tert-OH is 1. The minimum absolute atomic E-state index is 0.231. The number of nitrogens with one attached hydrogen (secondary N) is 1. The Labute approximate surface area is 136 Å². The zero-order valence-electron chi connectivity index (χ0n) is 13.3. The summed E-state index contributed by atoms with van der Waals surface area (Å²) in [5.74, 6) is -0.0207. The predicted molar refractivity (Wildman–Crippen MR) is 88.3 cm³/mol. The fraction of sp³-hybridized carbons (Fsp3) is 0.375. The Bertz CT molecular complexity index is 633. The molecule has 126 valence electrons. The van der Waals surface area contributed by atoms with E-state index in [-0.39, 0.29) is 19.8 Å². The van der Waals surface area contributed by atoms with Gasteiger partial charge < -0.3 is 23.9 Å². The molecule has 1 aromatic heterocycles. The van der Waals surface area contributed by atoms with Gasteiger partial charge >= 0.3 is 7.60 Å². The van der Waals surface area contributed by atoms with Gasteiger partial charge in [-0.2, -0.15) is 0 Å². The van der Waals surface area contributed by atoms with E-state index in [1.54, 1.807) is 26.0 Å². The molecule has 2 N–H and O–H groups in total. The summed E-state index contributed by atoms with van der Waals surface area (Å²) >= 11 is 0. The smallest absolute Gasteiger partial charge is 0.360 e. The summed E-state index contributed by atoms with van der Waals surface area (Å²) in [6.45, 7) is 3.78. The van der Waals surface area contributed by atoms with Crippen molar-refractivity contribution < 1.29 is 23.1 Å². The molecule has 23 heavy (non-hydrogen) atoms. The molecule has 0 fully saturated rings. The quantitative estimate of drug-likeness (QED) is 0.668. The lowest BCUT2D eigenvalue weighted by Crippen LogP contribution is -2.14. The SMILES string of the molecule is CCOP(=O)(OCC)C(Nc1ccccc1)c1ccc(CO)o1. The molecule has 0 saturated carbocycles. The van der Waals surface area contributed by atoms with E-state index in [0.717, 1.165) is 5.69 Å². The lowest BCUT2D eigenvalue weighted by molar-refractivity contribution is 0.208. The third-order valence-corrected chi connectivity index (χ3v) is 5.37. The van der Waals surface area contributed by atoms with E-state index in [2.05, 4.69) is 5.32 Å². The largest absolute Gasteiger partial charge is 0.461 e. The first-order valence-electron chi connectivity index (χ1n) is 7.52. The minimum Gasteiger partial charge on any atom is -0.461 e. The Morgan fingerprint density at radius 1 is 1.13 bits per heavy atom. The summed E-state index contributed by atoms with van der Waals surface area (Å²) in [5.41, 5.74) is 0.763. The van der Waals surface area contributed by atoms with Gasteiger partial charge in [-0.3, -0.25) is 4.57 Å². The van der Waals surface area contributed by atoms with Crippen LogP contribution in [0.4, 0.5) is 5.69 Å². The number of furan rings is 1. The van der Waals surface area contributed by atoms with Crippen LogP contribution in [0.25, 0.3) is 0 Å². The maximum absolute atomic E-state index is 13.2. The molecule has 0 saturated heterocycles. The molecule has 1 heterocycles. The third-order valence-electron chi connectivity index (χ3n) is 3.12. The van der Waals surface area contributed by atoms with Crippen molar-refractivity contribution in [2.75, 3.05) is 18.5 Å². The van der Waals surface area contributed by atoms with Crippen LogP contribution in [0.2, 0.25) is 0 Å². The third kappa shape index (κ3) is 4.45. The van der Waals surface area contributed by atoms with E-state index < -0.39 is 13.4 Å². The van der Waals surface area contributed by atoms with Crippen LogP contribution in [-0.2, 0) is 20.2 Å². The normalized spacial score (nSPS) is 13.0. The molecule has 0 amide bonds. The van der Waals surface area contributed by atoms with Crippen molar-refractivity contribution in [3.8, 4) is 0 Å². The molecule has 1 aromatic carbocycles. The summed E-state index contributed by atoms with van der Waals surface area (Å²) in [5, 5.41) is 12.3. The average molecular weight is 339 g/mol. The van der Waals surface area contributed by atoms with Crippen LogP contribution in [0.5, 0.6) is 0 Å². The van der Waals surface area contributed by atoms with E-state index in [4.69, 9.17) is 13.5 Å². The summed E-state index contributed by atoms with van der Waals surface area (Å²) in [7, 11) is -3.50. The maximum atomic E-state index is 13.2. The molecule has 2 aromatic rings. The van der Waals surface area contributed by atoms with Gasteiger partial charge in [-0.1, -0.05) is 18.2 Å². The Kier molecular flexibility index (Phi) is 6.42. The number of rotatable bonds is 9. The van der Waals surface area contributed by atoms with Crippen molar-refractivity contribution in [1.82, 2.24) is 0 Å². The average Bonchev–Trinajstić information content (AvgIpc) is 3.02. The molecule has 6 nitrogen and oxygen atoms in total. The standard InChI is InChI=1S/C16H22NO5P/c1-3-20-23(19,21-4-2)16(15-11-10-14(12-18)22-15)17-13-8-6-5-7-9-13/h5-11,16-18H,3-4,12H2,1-2H3. The van der Waals surface area contributed by atoms with Crippen LogP contribution in [-0.4, -0.2) is 18.3 Å². The van der Waals surface area contributed by atoms with Gasteiger partial charge in [-0.15, -0.1) is 0 Å². The molecule has 0 spiro atoms. The summed E-state index contributed by atoms with van der Waals surface area (Å²) in [6.07, 6.45) is 0. The van der Waals surface area contributed by atoms with E-state index in [0.29, 0.717) is 11.5 Å². The molecule has 0 aliphatic rings. The van der Waals surface area contributed by atoms with Gasteiger partial charge in [0.25, 0.3) is 0 Å². The number of anilines is 1. The molecular formula is C16H22NO5P. The van der Waals surface area contributed by atoms with Gasteiger partial charge in [0, 0.05) is 5.69 Å². The second-order valence-electron chi connectivity index (χ2n) is 4.75. The Morgan fingerprint density at radius 2 is 1.78 bits per heavy atom. The zero-order chi connectivity index (χ0) is 16.7. The molecule has 0 radical (unpaired) electrons. The van der Waals surface area contributed by atoms with E-state index >= 15 is 0 Å². The molecule has 0 aliphatic heterocycles. The number of aliphatic hydroxyl groups is 1. The number of benzene rings is 1. The summed E-state index contributed by atoms with van der Waals surface area (Å²) in [4.78, 5) is 0. The molecule has 0 aliphatic carbocycles. The van der Waals surface area contributed by atoms with Crippen LogP contribution in [0.3, 0.4) is 0 Å². The number of hydrogen-bond donors (Lipinski definition) is 2. The van der Waals surface area contributed by atoms with Gasteiger partial charge in [-0.25, -0.2) is 0 Å². The summed E-state index contributed by atoms with van der Waals surface area (Å²) < 4.78 is 29.6. The van der Waals surface area contributed by atoms with Crippen LogP contribution >= 0.6 is 7.60 Å².